The molecule has 1 saturated heterocycles. The fourth-order valence-electron chi connectivity index (χ4n) is 3.03. The maximum Gasteiger partial charge on any atom is 0.283 e. The smallest absolute Gasteiger partial charge is 0.283 e. The van der Waals surface area contributed by atoms with E-state index in [4.69, 9.17) is 16.3 Å². The Morgan fingerprint density at radius 1 is 1.36 bits per heavy atom. The molecule has 6 nitrogen and oxygen atoms in total. The van der Waals surface area contributed by atoms with E-state index in [9.17, 15) is 13.6 Å². The van der Waals surface area contributed by atoms with Gasteiger partial charge in [0.05, 0.1) is 23.9 Å². The number of rotatable bonds is 8. The molecule has 1 amide bonds. The van der Waals surface area contributed by atoms with E-state index in [1.54, 1.807) is 0 Å². The molecular weight excluding hydrogens is 354 g/mol. The first-order valence-electron chi connectivity index (χ1n) is 8.67. The molecule has 2 heterocycles. The van der Waals surface area contributed by atoms with E-state index in [1.807, 2.05) is 0 Å². The average Bonchev–Trinajstić information content (AvgIpc) is 3.37. The Bertz CT molecular complexity index is 601. The first-order valence-corrected chi connectivity index (χ1v) is 9.05. The molecule has 2 fully saturated rings. The van der Waals surface area contributed by atoms with Crippen molar-refractivity contribution in [3.63, 3.8) is 0 Å². The molecule has 1 aliphatic carbocycles. The lowest BCUT2D eigenvalue weighted by Gasteiger charge is -2.26. The summed E-state index contributed by atoms with van der Waals surface area (Å²) < 4.78 is 32.6. The molecule has 0 unspecified atom stereocenters. The fraction of sp³-hybridized carbons (Fsp3) is 0.750. The highest BCUT2D eigenvalue weighted by molar-refractivity contribution is 6.32. The normalized spacial score (nSPS) is 18.7. The zero-order valence-electron chi connectivity index (χ0n) is 14.0. The molecule has 1 aromatic heterocycles. The molecule has 0 aromatic carbocycles. The number of aromatic nitrogens is 2. The fourth-order valence-corrected chi connectivity index (χ4v) is 3.40. The topological polar surface area (TPSA) is 59.4 Å². The summed E-state index contributed by atoms with van der Waals surface area (Å²) in [6.45, 7) is 4.72. The molecule has 1 N–H and O–H groups in total. The lowest BCUT2D eigenvalue weighted by Crippen LogP contribution is -2.38. The van der Waals surface area contributed by atoms with Crippen molar-refractivity contribution in [3.05, 3.63) is 16.4 Å². The van der Waals surface area contributed by atoms with Gasteiger partial charge in [0.2, 0.25) is 5.91 Å². The lowest BCUT2D eigenvalue weighted by atomic mass is 10.2. The largest absolute Gasteiger partial charge is 0.379 e. The van der Waals surface area contributed by atoms with Crippen molar-refractivity contribution in [1.82, 2.24) is 20.0 Å². The van der Waals surface area contributed by atoms with Crippen LogP contribution in [0, 0.1) is 0 Å². The molecule has 25 heavy (non-hydrogen) atoms. The quantitative estimate of drug-likeness (QED) is 0.706. The Balaban J connectivity index is 1.48. The highest BCUT2D eigenvalue weighted by Crippen LogP contribution is 2.45. The van der Waals surface area contributed by atoms with Crippen LogP contribution < -0.4 is 5.32 Å². The number of amides is 1. The zero-order valence-corrected chi connectivity index (χ0v) is 14.8. The van der Waals surface area contributed by atoms with Gasteiger partial charge in [-0.25, -0.2) is 8.78 Å². The van der Waals surface area contributed by atoms with Gasteiger partial charge in [-0.2, -0.15) is 5.10 Å². The number of ether oxygens (including phenoxy) is 1. The van der Waals surface area contributed by atoms with Gasteiger partial charge in [-0.15, -0.1) is 0 Å². The van der Waals surface area contributed by atoms with Gasteiger partial charge < -0.3 is 10.1 Å². The number of nitrogens with zero attached hydrogens (tertiary/aromatic N) is 3. The summed E-state index contributed by atoms with van der Waals surface area (Å²) in [5, 5.41) is 6.70. The number of hydrogen-bond donors (Lipinski definition) is 1. The van der Waals surface area contributed by atoms with Gasteiger partial charge in [0.1, 0.15) is 12.2 Å². The van der Waals surface area contributed by atoms with E-state index in [0.717, 1.165) is 52.1 Å². The van der Waals surface area contributed by atoms with Gasteiger partial charge in [-0.3, -0.25) is 14.4 Å². The van der Waals surface area contributed by atoms with Gasteiger partial charge in [-0.05, 0) is 25.8 Å². The van der Waals surface area contributed by atoms with Crippen molar-refractivity contribution in [2.45, 2.75) is 38.2 Å². The SMILES string of the molecule is O=C(Cn1nc(C(F)F)c(Cl)c1C1CC1)NCCCN1CCOCC1. The molecule has 1 saturated carbocycles. The van der Waals surface area contributed by atoms with E-state index in [2.05, 4.69) is 15.3 Å². The van der Waals surface area contributed by atoms with Crippen molar-refractivity contribution < 1.29 is 18.3 Å². The highest BCUT2D eigenvalue weighted by atomic mass is 35.5. The van der Waals surface area contributed by atoms with Gasteiger partial charge in [-0.1, -0.05) is 11.6 Å². The van der Waals surface area contributed by atoms with Gasteiger partial charge >= 0.3 is 0 Å². The molecule has 0 radical (unpaired) electrons. The molecule has 0 atom stereocenters. The minimum absolute atomic E-state index is 0.0117. The minimum Gasteiger partial charge on any atom is -0.379 e. The number of morpholine rings is 1. The first-order chi connectivity index (χ1) is 12.1. The van der Waals surface area contributed by atoms with Crippen LogP contribution in [0.3, 0.4) is 0 Å². The molecule has 3 rings (SSSR count). The van der Waals surface area contributed by atoms with E-state index in [-0.39, 0.29) is 23.4 Å². The summed E-state index contributed by atoms with van der Waals surface area (Å²) in [5.41, 5.74) is 0.143. The molecule has 1 aliphatic heterocycles. The Morgan fingerprint density at radius 3 is 2.72 bits per heavy atom. The van der Waals surface area contributed by atoms with E-state index in [1.165, 1.54) is 4.68 Å². The monoisotopic (exact) mass is 376 g/mol. The summed E-state index contributed by atoms with van der Waals surface area (Å²) in [6, 6.07) is 0. The molecule has 2 aliphatic rings. The summed E-state index contributed by atoms with van der Waals surface area (Å²) in [6.07, 6.45) is -0.101. The van der Waals surface area contributed by atoms with Crippen LogP contribution in [-0.4, -0.2) is 60.0 Å². The van der Waals surface area contributed by atoms with E-state index in [0.29, 0.717) is 12.2 Å². The third-order valence-electron chi connectivity index (χ3n) is 4.50. The predicted molar refractivity (Wildman–Crippen MR) is 89.1 cm³/mol. The second-order valence-electron chi connectivity index (χ2n) is 6.47. The Labute approximate surface area is 150 Å². The second kappa shape index (κ2) is 8.42. The Kier molecular flexibility index (Phi) is 6.24. The van der Waals surface area contributed by atoms with Crippen LogP contribution in [-0.2, 0) is 16.1 Å². The van der Waals surface area contributed by atoms with Crippen molar-refractivity contribution in [1.29, 1.82) is 0 Å². The predicted octanol–water partition coefficient (Wildman–Crippen LogP) is 2.19. The van der Waals surface area contributed by atoms with Crippen LogP contribution in [0.25, 0.3) is 0 Å². The van der Waals surface area contributed by atoms with Crippen LogP contribution in [0.2, 0.25) is 5.02 Å². The van der Waals surface area contributed by atoms with Crippen LogP contribution in [0.5, 0.6) is 0 Å². The Morgan fingerprint density at radius 2 is 2.08 bits per heavy atom. The zero-order chi connectivity index (χ0) is 17.8. The maximum atomic E-state index is 13.0. The van der Waals surface area contributed by atoms with Crippen molar-refractivity contribution >= 4 is 17.5 Å². The van der Waals surface area contributed by atoms with Gasteiger partial charge in [0.25, 0.3) is 6.43 Å². The average molecular weight is 377 g/mol. The Hall–Kier alpha value is -1.25. The van der Waals surface area contributed by atoms with Crippen LogP contribution in [0.1, 0.15) is 43.0 Å². The maximum absolute atomic E-state index is 13.0. The van der Waals surface area contributed by atoms with E-state index >= 15 is 0 Å². The number of hydrogen-bond acceptors (Lipinski definition) is 4. The van der Waals surface area contributed by atoms with Gasteiger partial charge in [0, 0.05) is 25.6 Å². The number of nitrogens with one attached hydrogen (secondary N) is 1. The summed E-state index contributed by atoms with van der Waals surface area (Å²) >= 11 is 6.04. The number of carbonyl (C=O) groups excluding carboxylic acids is 1. The second-order valence-corrected chi connectivity index (χ2v) is 6.85. The van der Waals surface area contributed by atoms with E-state index < -0.39 is 12.1 Å². The number of alkyl halides is 2. The molecular formula is C16H23ClF2N4O2. The summed E-state index contributed by atoms with van der Waals surface area (Å²) in [7, 11) is 0. The van der Waals surface area contributed by atoms with Crippen molar-refractivity contribution in [2.24, 2.45) is 0 Å². The summed E-state index contributed by atoms with van der Waals surface area (Å²) in [4.78, 5) is 14.4. The highest BCUT2D eigenvalue weighted by Gasteiger charge is 2.34. The minimum atomic E-state index is -2.73. The number of halogens is 3. The van der Waals surface area contributed by atoms with Crippen LogP contribution >= 0.6 is 11.6 Å². The molecule has 9 heteroatoms. The number of carbonyl (C=O) groups is 1. The lowest BCUT2D eigenvalue weighted by molar-refractivity contribution is -0.121. The third-order valence-corrected chi connectivity index (χ3v) is 4.88. The van der Waals surface area contributed by atoms with Crippen LogP contribution in [0.4, 0.5) is 8.78 Å². The van der Waals surface area contributed by atoms with Gasteiger partial charge in [0.15, 0.2) is 0 Å². The van der Waals surface area contributed by atoms with Crippen molar-refractivity contribution in [2.75, 3.05) is 39.4 Å². The molecule has 1 aromatic rings. The van der Waals surface area contributed by atoms with Crippen molar-refractivity contribution in [3.8, 4) is 0 Å². The standard InChI is InChI=1S/C16H23ClF2N4O2/c17-13-14(16(18)19)21-23(15(13)11-2-3-11)10-12(24)20-4-1-5-22-6-8-25-9-7-22/h11,16H,1-10H2,(H,20,24). The third kappa shape index (κ3) is 4.89. The molecule has 0 bridgehead atoms. The first kappa shape index (κ1) is 18.5. The van der Waals surface area contributed by atoms with Crippen LogP contribution in [0.15, 0.2) is 0 Å². The summed E-state index contributed by atoms with van der Waals surface area (Å²) in [5.74, 6) is -0.0921. The molecule has 0 spiro atoms. The molecule has 140 valence electrons.